The highest BCUT2D eigenvalue weighted by molar-refractivity contribution is 5.94. The van der Waals surface area contributed by atoms with Gasteiger partial charge in [-0.1, -0.05) is 18.2 Å². The number of carbonyl (C=O) groups is 1. The number of nitrogens with one attached hydrogen (secondary N) is 2. The smallest absolute Gasteiger partial charge is 0.251 e. The Labute approximate surface area is 124 Å². The highest BCUT2D eigenvalue weighted by Crippen LogP contribution is 2.28. The number of carbonyl (C=O) groups excluding carboxylic acids is 1. The maximum absolute atomic E-state index is 11.6. The molecule has 0 saturated carbocycles. The minimum absolute atomic E-state index is 0.0317. The summed E-state index contributed by atoms with van der Waals surface area (Å²) in [6, 6.07) is 12.7. The number of aryl methyl sites for hydroxylation is 1. The maximum atomic E-state index is 11.6. The predicted molar refractivity (Wildman–Crippen MR) is 84.7 cm³/mol. The third-order valence-corrected chi connectivity index (χ3v) is 3.49. The molecule has 0 aliphatic carbocycles. The number of aromatic hydroxyl groups is 1. The second-order valence-electron chi connectivity index (χ2n) is 5.03. The fourth-order valence-corrected chi connectivity index (χ4v) is 2.28. The molecule has 0 aliphatic heterocycles. The minimum Gasteiger partial charge on any atom is -0.508 e. The number of benzene rings is 2. The van der Waals surface area contributed by atoms with Gasteiger partial charge in [0, 0.05) is 23.9 Å². The fourth-order valence-electron chi connectivity index (χ4n) is 2.28. The number of rotatable bonds is 4. The monoisotopic (exact) mass is 284 g/mol. The van der Waals surface area contributed by atoms with Crippen LogP contribution in [0, 0.1) is 6.92 Å². The molecule has 4 heteroatoms. The molecule has 1 unspecified atom stereocenters. The van der Waals surface area contributed by atoms with Crippen LogP contribution in [0.1, 0.15) is 34.5 Å². The molecule has 4 nitrogen and oxygen atoms in total. The van der Waals surface area contributed by atoms with Crippen molar-refractivity contribution in [3.05, 3.63) is 59.2 Å². The first-order chi connectivity index (χ1) is 10.0. The molecule has 0 fully saturated rings. The molecular weight excluding hydrogens is 264 g/mol. The van der Waals surface area contributed by atoms with Crippen molar-refractivity contribution in [2.75, 3.05) is 12.4 Å². The van der Waals surface area contributed by atoms with Crippen LogP contribution in [0.3, 0.4) is 0 Å². The van der Waals surface area contributed by atoms with E-state index >= 15 is 0 Å². The van der Waals surface area contributed by atoms with Crippen molar-refractivity contribution in [2.45, 2.75) is 19.9 Å². The number of hydrogen-bond donors (Lipinski definition) is 3. The zero-order valence-corrected chi connectivity index (χ0v) is 12.5. The van der Waals surface area contributed by atoms with Gasteiger partial charge in [0.15, 0.2) is 0 Å². The Hall–Kier alpha value is -2.49. The van der Waals surface area contributed by atoms with E-state index < -0.39 is 0 Å². The van der Waals surface area contributed by atoms with E-state index in [9.17, 15) is 9.90 Å². The summed E-state index contributed by atoms with van der Waals surface area (Å²) in [5.41, 5.74) is 3.40. The molecular formula is C17H20N2O2. The third kappa shape index (κ3) is 3.34. The van der Waals surface area contributed by atoms with E-state index in [0.29, 0.717) is 5.56 Å². The molecule has 0 aromatic heterocycles. The van der Waals surface area contributed by atoms with Gasteiger partial charge in [-0.05, 0) is 43.7 Å². The van der Waals surface area contributed by atoms with Crippen LogP contribution in [-0.4, -0.2) is 18.1 Å². The number of hydrogen-bond acceptors (Lipinski definition) is 3. The van der Waals surface area contributed by atoms with Crippen LogP contribution in [0.25, 0.3) is 0 Å². The van der Waals surface area contributed by atoms with Gasteiger partial charge < -0.3 is 15.7 Å². The second kappa shape index (κ2) is 6.31. The van der Waals surface area contributed by atoms with Crippen LogP contribution >= 0.6 is 0 Å². The first kappa shape index (κ1) is 14.9. The van der Waals surface area contributed by atoms with Crippen LogP contribution in [0.5, 0.6) is 5.75 Å². The summed E-state index contributed by atoms with van der Waals surface area (Å²) in [6.45, 7) is 3.94. The van der Waals surface area contributed by atoms with E-state index in [1.807, 2.05) is 38.1 Å². The van der Waals surface area contributed by atoms with E-state index in [2.05, 4.69) is 10.6 Å². The minimum atomic E-state index is -0.0987. The first-order valence-electron chi connectivity index (χ1n) is 6.90. The summed E-state index contributed by atoms with van der Waals surface area (Å²) in [5, 5.41) is 15.9. The lowest BCUT2D eigenvalue weighted by Crippen LogP contribution is -2.18. The standard InChI is InChI=1S/C17H20N2O2/c1-11-10-13(17(21)18-3)8-9-15(11)19-12(2)14-6-4-5-7-16(14)20/h4-10,12,19-20H,1-3H3,(H,18,21). The van der Waals surface area contributed by atoms with Crippen molar-refractivity contribution < 1.29 is 9.90 Å². The van der Waals surface area contributed by atoms with E-state index in [1.54, 1.807) is 25.2 Å². The van der Waals surface area contributed by atoms with Gasteiger partial charge >= 0.3 is 0 Å². The summed E-state index contributed by atoms with van der Waals surface area (Å²) >= 11 is 0. The predicted octanol–water partition coefficient (Wildman–Crippen LogP) is 3.23. The molecule has 2 aromatic rings. The van der Waals surface area contributed by atoms with Crippen LogP contribution in [-0.2, 0) is 0 Å². The number of para-hydroxylation sites is 1. The van der Waals surface area contributed by atoms with Gasteiger partial charge in [-0.3, -0.25) is 4.79 Å². The lowest BCUT2D eigenvalue weighted by atomic mass is 10.0. The lowest BCUT2D eigenvalue weighted by Gasteiger charge is -2.18. The molecule has 2 aromatic carbocycles. The summed E-state index contributed by atoms with van der Waals surface area (Å²) in [4.78, 5) is 11.6. The third-order valence-electron chi connectivity index (χ3n) is 3.49. The Balaban J connectivity index is 2.20. The largest absolute Gasteiger partial charge is 0.508 e. The highest BCUT2D eigenvalue weighted by atomic mass is 16.3. The van der Waals surface area contributed by atoms with E-state index in [0.717, 1.165) is 16.8 Å². The van der Waals surface area contributed by atoms with Gasteiger partial charge in [0.2, 0.25) is 0 Å². The maximum Gasteiger partial charge on any atom is 0.251 e. The average molecular weight is 284 g/mol. The molecule has 110 valence electrons. The topological polar surface area (TPSA) is 61.4 Å². The van der Waals surface area contributed by atoms with Crippen molar-refractivity contribution in [1.29, 1.82) is 0 Å². The van der Waals surface area contributed by atoms with Crippen molar-refractivity contribution >= 4 is 11.6 Å². The SMILES string of the molecule is CNC(=O)c1ccc(NC(C)c2ccccc2O)c(C)c1. The zero-order valence-electron chi connectivity index (χ0n) is 12.5. The van der Waals surface area contributed by atoms with Crippen molar-refractivity contribution in [3.8, 4) is 5.75 Å². The van der Waals surface area contributed by atoms with Crippen LogP contribution in [0.4, 0.5) is 5.69 Å². The summed E-state index contributed by atoms with van der Waals surface area (Å²) in [6.07, 6.45) is 0. The first-order valence-corrected chi connectivity index (χ1v) is 6.90. The number of phenolic OH excluding ortho intramolecular Hbond substituents is 1. The van der Waals surface area contributed by atoms with E-state index in [-0.39, 0.29) is 17.7 Å². The summed E-state index contributed by atoms with van der Waals surface area (Å²) in [5.74, 6) is 0.176. The van der Waals surface area contributed by atoms with E-state index in [4.69, 9.17) is 0 Å². The molecule has 1 atom stereocenters. The number of amides is 1. The Bertz CT molecular complexity index is 653. The van der Waals surface area contributed by atoms with Crippen molar-refractivity contribution in [3.63, 3.8) is 0 Å². The molecule has 0 heterocycles. The molecule has 21 heavy (non-hydrogen) atoms. The molecule has 0 aliphatic rings. The molecule has 0 saturated heterocycles. The highest BCUT2D eigenvalue weighted by Gasteiger charge is 2.11. The lowest BCUT2D eigenvalue weighted by molar-refractivity contribution is 0.0963. The molecule has 0 radical (unpaired) electrons. The van der Waals surface area contributed by atoms with Crippen molar-refractivity contribution in [1.82, 2.24) is 5.32 Å². The molecule has 0 bridgehead atoms. The van der Waals surface area contributed by atoms with Crippen LogP contribution in [0.15, 0.2) is 42.5 Å². The van der Waals surface area contributed by atoms with E-state index in [1.165, 1.54) is 0 Å². The normalized spacial score (nSPS) is 11.8. The average Bonchev–Trinajstić information content (AvgIpc) is 2.48. The number of phenols is 1. The Morgan fingerprint density at radius 2 is 1.90 bits per heavy atom. The molecule has 0 spiro atoms. The molecule has 2 rings (SSSR count). The van der Waals surface area contributed by atoms with Gasteiger partial charge in [-0.25, -0.2) is 0 Å². The second-order valence-corrected chi connectivity index (χ2v) is 5.03. The Kier molecular flexibility index (Phi) is 4.48. The molecule has 1 amide bonds. The fraction of sp³-hybridized carbons (Fsp3) is 0.235. The summed E-state index contributed by atoms with van der Waals surface area (Å²) < 4.78 is 0. The Morgan fingerprint density at radius 1 is 1.19 bits per heavy atom. The zero-order chi connectivity index (χ0) is 15.4. The van der Waals surface area contributed by atoms with Gasteiger partial charge in [-0.15, -0.1) is 0 Å². The van der Waals surface area contributed by atoms with Crippen molar-refractivity contribution in [2.24, 2.45) is 0 Å². The molecule has 3 N–H and O–H groups in total. The Morgan fingerprint density at radius 3 is 2.52 bits per heavy atom. The summed E-state index contributed by atoms with van der Waals surface area (Å²) in [7, 11) is 1.62. The van der Waals surface area contributed by atoms with Crippen LogP contribution < -0.4 is 10.6 Å². The number of anilines is 1. The quantitative estimate of drug-likeness (QED) is 0.807. The van der Waals surface area contributed by atoms with Gasteiger partial charge in [-0.2, -0.15) is 0 Å². The van der Waals surface area contributed by atoms with Crippen LogP contribution in [0.2, 0.25) is 0 Å². The van der Waals surface area contributed by atoms with Gasteiger partial charge in [0.05, 0.1) is 6.04 Å². The van der Waals surface area contributed by atoms with Gasteiger partial charge in [0.25, 0.3) is 5.91 Å². The van der Waals surface area contributed by atoms with Gasteiger partial charge in [0.1, 0.15) is 5.75 Å².